The SMILES string of the molecule is NCCOc1ccc(NC(=O)c2cccnc2N2CCOCC2)cc1. The number of hydrogen-bond donors (Lipinski definition) is 2. The summed E-state index contributed by atoms with van der Waals surface area (Å²) in [7, 11) is 0. The summed E-state index contributed by atoms with van der Waals surface area (Å²) in [4.78, 5) is 19.1. The minimum absolute atomic E-state index is 0.190. The highest BCUT2D eigenvalue weighted by Gasteiger charge is 2.19. The van der Waals surface area contributed by atoms with Crippen LogP contribution in [0.4, 0.5) is 11.5 Å². The summed E-state index contributed by atoms with van der Waals surface area (Å²) < 4.78 is 10.8. The van der Waals surface area contributed by atoms with Crippen molar-refractivity contribution in [2.45, 2.75) is 0 Å². The van der Waals surface area contributed by atoms with Crippen LogP contribution in [0.2, 0.25) is 0 Å². The summed E-state index contributed by atoms with van der Waals surface area (Å²) in [5.74, 6) is 1.22. The number of nitrogens with zero attached hydrogens (tertiary/aromatic N) is 2. The first kappa shape index (κ1) is 17.2. The molecule has 1 aliphatic heterocycles. The lowest BCUT2D eigenvalue weighted by atomic mass is 10.2. The molecule has 2 aromatic rings. The van der Waals surface area contributed by atoms with Crippen LogP contribution in [0, 0.1) is 0 Å². The molecule has 132 valence electrons. The fourth-order valence-corrected chi connectivity index (χ4v) is 2.61. The van der Waals surface area contributed by atoms with E-state index in [1.54, 1.807) is 42.6 Å². The van der Waals surface area contributed by atoms with E-state index in [2.05, 4.69) is 15.2 Å². The summed E-state index contributed by atoms with van der Waals surface area (Å²) in [6.45, 7) is 3.66. The van der Waals surface area contributed by atoms with Crippen molar-refractivity contribution >= 4 is 17.4 Å². The number of carbonyl (C=O) groups excluding carboxylic acids is 1. The highest BCUT2D eigenvalue weighted by Crippen LogP contribution is 2.21. The highest BCUT2D eigenvalue weighted by molar-refractivity contribution is 6.07. The zero-order valence-electron chi connectivity index (χ0n) is 14.0. The summed E-state index contributed by atoms with van der Waals surface area (Å²) in [6, 6.07) is 10.8. The normalized spacial score (nSPS) is 14.2. The average Bonchev–Trinajstić information content (AvgIpc) is 2.68. The van der Waals surface area contributed by atoms with Gasteiger partial charge in [0.15, 0.2) is 0 Å². The van der Waals surface area contributed by atoms with E-state index in [-0.39, 0.29) is 5.91 Å². The van der Waals surface area contributed by atoms with Crippen molar-refractivity contribution in [2.24, 2.45) is 5.73 Å². The standard InChI is InChI=1S/C18H22N4O3/c19-7-11-25-15-5-3-14(4-6-15)21-18(23)16-2-1-8-20-17(16)22-9-12-24-13-10-22/h1-6,8H,7,9-13,19H2,(H,21,23). The monoisotopic (exact) mass is 342 g/mol. The minimum Gasteiger partial charge on any atom is -0.492 e. The second kappa shape index (κ2) is 8.46. The molecule has 1 fully saturated rings. The molecule has 25 heavy (non-hydrogen) atoms. The van der Waals surface area contributed by atoms with Gasteiger partial charge in [-0.25, -0.2) is 4.98 Å². The molecule has 1 aliphatic rings. The maximum atomic E-state index is 12.7. The lowest BCUT2D eigenvalue weighted by Crippen LogP contribution is -2.38. The summed E-state index contributed by atoms with van der Waals surface area (Å²) >= 11 is 0. The van der Waals surface area contributed by atoms with Gasteiger partial charge in [-0.2, -0.15) is 0 Å². The summed E-state index contributed by atoms with van der Waals surface area (Å²) in [5.41, 5.74) is 6.66. The van der Waals surface area contributed by atoms with Crippen molar-refractivity contribution in [3.05, 3.63) is 48.2 Å². The zero-order chi connectivity index (χ0) is 17.5. The van der Waals surface area contributed by atoms with Crippen LogP contribution in [-0.4, -0.2) is 50.3 Å². The van der Waals surface area contributed by atoms with Gasteiger partial charge in [0, 0.05) is 31.5 Å². The lowest BCUT2D eigenvalue weighted by Gasteiger charge is -2.29. The fraction of sp³-hybridized carbons (Fsp3) is 0.333. The first-order chi connectivity index (χ1) is 12.3. The second-order valence-corrected chi connectivity index (χ2v) is 5.59. The van der Waals surface area contributed by atoms with Crippen LogP contribution in [-0.2, 0) is 4.74 Å². The van der Waals surface area contributed by atoms with Gasteiger partial charge in [0.25, 0.3) is 5.91 Å². The van der Waals surface area contributed by atoms with E-state index in [9.17, 15) is 4.79 Å². The number of amides is 1. The Balaban J connectivity index is 1.70. The number of ether oxygens (including phenoxy) is 2. The summed E-state index contributed by atoms with van der Waals surface area (Å²) in [5, 5.41) is 2.90. The maximum absolute atomic E-state index is 12.7. The molecular formula is C18H22N4O3. The largest absolute Gasteiger partial charge is 0.492 e. The Morgan fingerprint density at radius 3 is 2.72 bits per heavy atom. The molecule has 7 heteroatoms. The maximum Gasteiger partial charge on any atom is 0.259 e. The summed E-state index contributed by atoms with van der Waals surface area (Å²) in [6.07, 6.45) is 1.70. The molecule has 0 bridgehead atoms. The molecule has 7 nitrogen and oxygen atoms in total. The molecule has 0 unspecified atom stereocenters. The van der Waals surface area contributed by atoms with Gasteiger partial charge in [-0.3, -0.25) is 4.79 Å². The molecular weight excluding hydrogens is 320 g/mol. The van der Waals surface area contributed by atoms with Gasteiger partial charge < -0.3 is 25.4 Å². The molecule has 1 amide bonds. The molecule has 0 radical (unpaired) electrons. The molecule has 1 saturated heterocycles. The van der Waals surface area contributed by atoms with Crippen molar-refractivity contribution < 1.29 is 14.3 Å². The van der Waals surface area contributed by atoms with Crippen LogP contribution in [0.15, 0.2) is 42.6 Å². The van der Waals surface area contributed by atoms with E-state index in [1.807, 2.05) is 0 Å². The highest BCUT2D eigenvalue weighted by atomic mass is 16.5. The molecule has 3 N–H and O–H groups in total. The van der Waals surface area contributed by atoms with Gasteiger partial charge in [-0.1, -0.05) is 0 Å². The van der Waals surface area contributed by atoms with Crippen molar-refractivity contribution in [3.63, 3.8) is 0 Å². The fourth-order valence-electron chi connectivity index (χ4n) is 2.61. The predicted molar refractivity (Wildman–Crippen MR) is 96.2 cm³/mol. The zero-order valence-corrected chi connectivity index (χ0v) is 14.0. The van der Waals surface area contributed by atoms with E-state index < -0.39 is 0 Å². The number of morpholine rings is 1. The first-order valence-corrected chi connectivity index (χ1v) is 8.30. The average molecular weight is 342 g/mol. The Kier molecular flexibility index (Phi) is 5.81. The van der Waals surface area contributed by atoms with Gasteiger partial charge in [0.1, 0.15) is 18.2 Å². The van der Waals surface area contributed by atoms with E-state index in [1.165, 1.54) is 0 Å². The van der Waals surface area contributed by atoms with Crippen molar-refractivity contribution in [1.29, 1.82) is 0 Å². The Bertz CT molecular complexity index is 700. The molecule has 1 aromatic heterocycles. The lowest BCUT2D eigenvalue weighted by molar-refractivity contribution is 0.102. The smallest absolute Gasteiger partial charge is 0.259 e. The van der Waals surface area contributed by atoms with Crippen molar-refractivity contribution in [3.8, 4) is 5.75 Å². The molecule has 0 spiro atoms. The number of nitrogens with one attached hydrogen (secondary N) is 1. The molecule has 3 rings (SSSR count). The van der Waals surface area contributed by atoms with Crippen LogP contribution < -0.4 is 20.7 Å². The third kappa shape index (κ3) is 4.46. The predicted octanol–water partition coefficient (Wildman–Crippen LogP) is 1.51. The van der Waals surface area contributed by atoms with Crippen LogP contribution in [0.3, 0.4) is 0 Å². The Morgan fingerprint density at radius 1 is 1.24 bits per heavy atom. The number of rotatable bonds is 6. The first-order valence-electron chi connectivity index (χ1n) is 8.30. The van der Waals surface area contributed by atoms with E-state index in [0.29, 0.717) is 43.4 Å². The van der Waals surface area contributed by atoms with Crippen molar-refractivity contribution in [2.75, 3.05) is 49.7 Å². The van der Waals surface area contributed by atoms with Crippen LogP contribution >= 0.6 is 0 Å². The number of hydrogen-bond acceptors (Lipinski definition) is 6. The number of nitrogens with two attached hydrogens (primary N) is 1. The number of pyridine rings is 1. The van der Waals surface area contributed by atoms with E-state index in [0.717, 1.165) is 18.8 Å². The van der Waals surface area contributed by atoms with Crippen LogP contribution in [0.1, 0.15) is 10.4 Å². The van der Waals surface area contributed by atoms with Gasteiger partial charge in [0.05, 0.1) is 18.8 Å². The van der Waals surface area contributed by atoms with Gasteiger partial charge in [0.2, 0.25) is 0 Å². The van der Waals surface area contributed by atoms with Crippen LogP contribution in [0.5, 0.6) is 5.75 Å². The number of benzene rings is 1. The van der Waals surface area contributed by atoms with Crippen LogP contribution in [0.25, 0.3) is 0 Å². The Labute approximate surface area is 146 Å². The number of carbonyl (C=O) groups is 1. The molecule has 0 aliphatic carbocycles. The third-order valence-corrected chi connectivity index (χ3v) is 3.84. The van der Waals surface area contributed by atoms with E-state index in [4.69, 9.17) is 15.2 Å². The van der Waals surface area contributed by atoms with E-state index >= 15 is 0 Å². The van der Waals surface area contributed by atoms with Crippen molar-refractivity contribution in [1.82, 2.24) is 4.98 Å². The number of anilines is 2. The molecule has 0 atom stereocenters. The Hall–Kier alpha value is -2.64. The van der Waals surface area contributed by atoms with Gasteiger partial charge >= 0.3 is 0 Å². The number of aromatic nitrogens is 1. The quantitative estimate of drug-likeness (QED) is 0.827. The second-order valence-electron chi connectivity index (χ2n) is 5.59. The molecule has 1 aromatic carbocycles. The van der Waals surface area contributed by atoms with Gasteiger partial charge in [-0.05, 0) is 36.4 Å². The third-order valence-electron chi connectivity index (χ3n) is 3.84. The molecule has 2 heterocycles. The topological polar surface area (TPSA) is 89.7 Å². The minimum atomic E-state index is -0.190. The van der Waals surface area contributed by atoms with Gasteiger partial charge in [-0.15, -0.1) is 0 Å². The Morgan fingerprint density at radius 2 is 2.00 bits per heavy atom. The molecule has 0 saturated carbocycles.